The van der Waals surface area contributed by atoms with Gasteiger partial charge in [-0.05, 0) is 40.0 Å². The molecular weight excluding hydrogens is 282 g/mol. The van der Waals surface area contributed by atoms with Crippen molar-refractivity contribution in [2.24, 2.45) is 0 Å². The number of carbonyl (C=O) groups excluding carboxylic acids is 1. The van der Waals surface area contributed by atoms with Gasteiger partial charge in [0, 0.05) is 6.61 Å². The Bertz CT molecular complexity index is 360. The van der Waals surface area contributed by atoms with Crippen LogP contribution in [0.25, 0.3) is 0 Å². The van der Waals surface area contributed by atoms with Crippen molar-refractivity contribution in [3.63, 3.8) is 0 Å². The SMILES string of the molecule is CC(C)(C)OC(=O)ON(C1CCCCO1)[C@H](CO)C(=O)O. The molecule has 8 nitrogen and oxygen atoms in total. The number of carboxylic acids is 1. The molecule has 0 saturated carbocycles. The Labute approximate surface area is 123 Å². The molecule has 1 saturated heterocycles. The van der Waals surface area contributed by atoms with Gasteiger partial charge in [0.25, 0.3) is 0 Å². The molecule has 0 spiro atoms. The fourth-order valence-electron chi connectivity index (χ4n) is 1.87. The lowest BCUT2D eigenvalue weighted by Gasteiger charge is -2.35. The van der Waals surface area contributed by atoms with Gasteiger partial charge in [-0.2, -0.15) is 0 Å². The second-order valence-electron chi connectivity index (χ2n) is 5.77. The molecule has 1 fully saturated rings. The van der Waals surface area contributed by atoms with Crippen molar-refractivity contribution in [3.05, 3.63) is 0 Å². The monoisotopic (exact) mass is 305 g/mol. The van der Waals surface area contributed by atoms with E-state index in [0.717, 1.165) is 17.9 Å². The molecule has 8 heteroatoms. The first-order valence-corrected chi connectivity index (χ1v) is 6.89. The minimum Gasteiger partial charge on any atom is -0.480 e. The second-order valence-corrected chi connectivity index (χ2v) is 5.77. The lowest BCUT2D eigenvalue weighted by molar-refractivity contribution is -0.264. The maximum absolute atomic E-state index is 11.7. The average Bonchev–Trinajstić information content (AvgIpc) is 2.37. The van der Waals surface area contributed by atoms with Gasteiger partial charge in [0.15, 0.2) is 6.04 Å². The summed E-state index contributed by atoms with van der Waals surface area (Å²) in [5.41, 5.74) is -0.770. The number of nitrogens with zero attached hydrogens (tertiary/aromatic N) is 1. The Balaban J connectivity index is 2.80. The van der Waals surface area contributed by atoms with E-state index >= 15 is 0 Å². The van der Waals surface area contributed by atoms with Gasteiger partial charge in [-0.3, -0.25) is 4.79 Å². The van der Waals surface area contributed by atoms with Crippen LogP contribution < -0.4 is 0 Å². The molecule has 1 aliphatic rings. The average molecular weight is 305 g/mol. The normalized spacial score (nSPS) is 20.9. The molecule has 21 heavy (non-hydrogen) atoms. The van der Waals surface area contributed by atoms with E-state index in [-0.39, 0.29) is 0 Å². The number of ether oxygens (including phenoxy) is 2. The maximum atomic E-state index is 11.7. The van der Waals surface area contributed by atoms with E-state index in [1.54, 1.807) is 20.8 Å². The first kappa shape index (κ1) is 17.7. The summed E-state index contributed by atoms with van der Waals surface area (Å²) >= 11 is 0. The van der Waals surface area contributed by atoms with Gasteiger partial charge in [0.1, 0.15) is 11.8 Å². The Kier molecular flexibility index (Phi) is 6.38. The van der Waals surface area contributed by atoms with Crippen LogP contribution in [0.3, 0.4) is 0 Å². The lowest BCUT2D eigenvalue weighted by atomic mass is 10.1. The van der Waals surface area contributed by atoms with E-state index in [1.165, 1.54) is 0 Å². The van der Waals surface area contributed by atoms with Crippen LogP contribution in [-0.2, 0) is 19.1 Å². The van der Waals surface area contributed by atoms with Crippen LogP contribution in [0.4, 0.5) is 4.79 Å². The molecule has 0 aromatic rings. The summed E-state index contributed by atoms with van der Waals surface area (Å²) in [7, 11) is 0. The van der Waals surface area contributed by atoms with Crippen molar-refractivity contribution in [1.82, 2.24) is 5.06 Å². The zero-order valence-corrected chi connectivity index (χ0v) is 12.6. The Morgan fingerprint density at radius 1 is 1.38 bits per heavy atom. The Morgan fingerprint density at radius 2 is 2.05 bits per heavy atom. The molecular formula is C13H23NO7. The molecule has 1 heterocycles. The van der Waals surface area contributed by atoms with E-state index < -0.39 is 36.6 Å². The second kappa shape index (κ2) is 7.58. The Morgan fingerprint density at radius 3 is 2.48 bits per heavy atom. The molecule has 1 rings (SSSR count). The van der Waals surface area contributed by atoms with Crippen molar-refractivity contribution in [2.45, 2.75) is 57.9 Å². The molecule has 0 amide bonds. The van der Waals surface area contributed by atoms with Gasteiger partial charge in [-0.25, -0.2) is 4.79 Å². The first-order chi connectivity index (χ1) is 9.74. The van der Waals surface area contributed by atoms with Gasteiger partial charge in [0.2, 0.25) is 0 Å². The number of aliphatic hydroxyl groups excluding tert-OH is 1. The zero-order chi connectivity index (χ0) is 16.0. The zero-order valence-electron chi connectivity index (χ0n) is 12.6. The molecule has 0 radical (unpaired) electrons. The van der Waals surface area contributed by atoms with Crippen LogP contribution in [0.5, 0.6) is 0 Å². The number of carboxylic acid groups (broad SMARTS) is 1. The van der Waals surface area contributed by atoms with Crippen LogP contribution in [0.15, 0.2) is 0 Å². The highest BCUT2D eigenvalue weighted by molar-refractivity contribution is 5.73. The number of carbonyl (C=O) groups is 2. The van der Waals surface area contributed by atoms with E-state index in [1.807, 2.05) is 0 Å². The lowest BCUT2D eigenvalue weighted by Crippen LogP contribution is -2.52. The summed E-state index contributed by atoms with van der Waals surface area (Å²) in [5.74, 6) is -1.31. The highest BCUT2D eigenvalue weighted by atomic mass is 16.8. The summed E-state index contributed by atoms with van der Waals surface area (Å²) in [5, 5.41) is 19.2. The van der Waals surface area contributed by atoms with Crippen molar-refractivity contribution in [2.75, 3.05) is 13.2 Å². The number of hydroxylamine groups is 2. The summed E-state index contributed by atoms with van der Waals surface area (Å²) in [6.07, 6.45) is 0.437. The molecule has 122 valence electrons. The van der Waals surface area contributed by atoms with Crippen molar-refractivity contribution < 1.29 is 34.1 Å². The maximum Gasteiger partial charge on any atom is 0.528 e. The Hall–Kier alpha value is -1.38. The smallest absolute Gasteiger partial charge is 0.480 e. The van der Waals surface area contributed by atoms with Gasteiger partial charge in [0.05, 0.1) is 6.61 Å². The largest absolute Gasteiger partial charge is 0.528 e. The number of hydrogen-bond donors (Lipinski definition) is 2. The minimum absolute atomic E-state index is 0.441. The molecule has 0 aromatic heterocycles. The predicted molar refractivity (Wildman–Crippen MR) is 71.3 cm³/mol. The van der Waals surface area contributed by atoms with Gasteiger partial charge < -0.3 is 24.5 Å². The third-order valence-electron chi connectivity index (χ3n) is 2.77. The van der Waals surface area contributed by atoms with E-state index in [9.17, 15) is 14.7 Å². The molecule has 1 aliphatic heterocycles. The van der Waals surface area contributed by atoms with Crippen LogP contribution in [0.2, 0.25) is 0 Å². The number of rotatable bonds is 5. The predicted octanol–water partition coefficient (Wildman–Crippen LogP) is 1.13. The highest BCUT2D eigenvalue weighted by Crippen LogP contribution is 2.21. The molecule has 0 bridgehead atoms. The van der Waals surface area contributed by atoms with E-state index in [0.29, 0.717) is 13.0 Å². The van der Waals surface area contributed by atoms with Crippen LogP contribution >= 0.6 is 0 Å². The quantitative estimate of drug-likeness (QED) is 0.575. The van der Waals surface area contributed by atoms with Gasteiger partial charge >= 0.3 is 12.1 Å². The summed E-state index contributed by atoms with van der Waals surface area (Å²) < 4.78 is 10.4. The molecule has 2 N–H and O–H groups in total. The van der Waals surface area contributed by atoms with Crippen molar-refractivity contribution >= 4 is 12.1 Å². The minimum atomic E-state index is -1.40. The summed E-state index contributed by atoms with van der Waals surface area (Å²) in [6, 6.07) is -1.40. The van der Waals surface area contributed by atoms with Gasteiger partial charge in [-0.1, -0.05) is 5.06 Å². The third kappa shape index (κ3) is 5.86. The summed E-state index contributed by atoms with van der Waals surface area (Å²) in [6.45, 7) is 4.72. The third-order valence-corrected chi connectivity index (χ3v) is 2.77. The fraction of sp³-hybridized carbons (Fsp3) is 0.846. The first-order valence-electron chi connectivity index (χ1n) is 6.89. The highest BCUT2D eigenvalue weighted by Gasteiger charge is 2.37. The van der Waals surface area contributed by atoms with Crippen LogP contribution in [-0.4, -0.2) is 58.5 Å². The fourth-order valence-corrected chi connectivity index (χ4v) is 1.87. The standard InChI is InChI=1S/C13H23NO7/c1-13(2,3)20-12(18)21-14(9(8-15)11(16)17)10-6-4-5-7-19-10/h9-10,15H,4-8H2,1-3H3,(H,16,17)/t9-,10?/m1/s1. The molecule has 0 aromatic carbocycles. The van der Waals surface area contributed by atoms with E-state index in [4.69, 9.17) is 19.4 Å². The van der Waals surface area contributed by atoms with Crippen molar-refractivity contribution in [3.8, 4) is 0 Å². The summed E-state index contributed by atoms with van der Waals surface area (Å²) in [4.78, 5) is 27.9. The number of aliphatic hydroxyl groups is 1. The van der Waals surface area contributed by atoms with Crippen molar-refractivity contribution in [1.29, 1.82) is 0 Å². The number of aliphatic carboxylic acids is 1. The molecule has 1 unspecified atom stereocenters. The topological polar surface area (TPSA) is 106 Å². The van der Waals surface area contributed by atoms with Crippen LogP contribution in [0.1, 0.15) is 40.0 Å². The molecule has 2 atom stereocenters. The molecule has 0 aliphatic carbocycles. The van der Waals surface area contributed by atoms with Gasteiger partial charge in [-0.15, -0.1) is 0 Å². The number of hydrogen-bond acceptors (Lipinski definition) is 7. The van der Waals surface area contributed by atoms with Crippen LogP contribution in [0, 0.1) is 0 Å². The van der Waals surface area contributed by atoms with E-state index in [2.05, 4.69) is 0 Å².